The lowest BCUT2D eigenvalue weighted by atomic mass is 9.96. The molecule has 10 heteroatoms. The van der Waals surface area contributed by atoms with Gasteiger partial charge >= 0.3 is 0 Å². The molecule has 0 spiro atoms. The number of carbonyl (C=O) groups excluding carboxylic acids is 2. The number of nitrogens with zero attached hydrogens (tertiary/aromatic N) is 3. The normalized spacial score (nSPS) is 15.7. The van der Waals surface area contributed by atoms with Gasteiger partial charge in [0.25, 0.3) is 6.43 Å². The number of benzene rings is 1. The minimum Gasteiger partial charge on any atom is -0.494 e. The van der Waals surface area contributed by atoms with Gasteiger partial charge in [0, 0.05) is 54.4 Å². The van der Waals surface area contributed by atoms with Crippen molar-refractivity contribution >= 4 is 34.5 Å². The Morgan fingerprint density at radius 2 is 1.92 bits per heavy atom. The molecule has 1 aromatic carbocycles. The molecule has 1 amide bonds. The molecule has 2 aromatic rings. The van der Waals surface area contributed by atoms with Crippen molar-refractivity contribution in [1.82, 2.24) is 15.1 Å². The van der Waals surface area contributed by atoms with Crippen molar-refractivity contribution in [3.63, 3.8) is 0 Å². The molecule has 0 atom stereocenters. The molecular formula is C27H31F2N5O3. The van der Waals surface area contributed by atoms with Gasteiger partial charge in [-0.15, -0.1) is 10.2 Å². The van der Waals surface area contributed by atoms with Crippen molar-refractivity contribution in [2.24, 2.45) is 5.92 Å². The Bertz CT molecular complexity index is 1250. The summed E-state index contributed by atoms with van der Waals surface area (Å²) < 4.78 is 34.0. The maximum Gasteiger partial charge on any atom is 0.264 e. The SMILES string of the molecule is COc1c(Nc2cc(NC(=O)C3CC3)nnc2C(C)=O)cccc1C1=CN(C(C)C)CCC=C1C(F)F. The third-order valence-corrected chi connectivity index (χ3v) is 6.36. The van der Waals surface area contributed by atoms with Crippen LogP contribution in [-0.2, 0) is 4.79 Å². The lowest BCUT2D eigenvalue weighted by molar-refractivity contribution is -0.117. The molecule has 1 aliphatic carbocycles. The number of aromatic nitrogens is 2. The number of para-hydroxylation sites is 1. The van der Waals surface area contributed by atoms with Gasteiger partial charge in [0.2, 0.25) is 5.91 Å². The van der Waals surface area contributed by atoms with Crippen molar-refractivity contribution in [1.29, 1.82) is 0 Å². The first-order chi connectivity index (χ1) is 17.7. The van der Waals surface area contributed by atoms with Crippen LogP contribution < -0.4 is 15.4 Å². The van der Waals surface area contributed by atoms with Crippen LogP contribution in [0.4, 0.5) is 26.0 Å². The largest absolute Gasteiger partial charge is 0.494 e. The van der Waals surface area contributed by atoms with Gasteiger partial charge in [0.1, 0.15) is 5.75 Å². The molecule has 37 heavy (non-hydrogen) atoms. The van der Waals surface area contributed by atoms with Crippen LogP contribution in [0.25, 0.3) is 5.57 Å². The standard InChI is InChI=1S/C27H31F2N5O3/c1-15(2)34-12-6-8-19(26(28)29)20(14-34)18-7-5-9-21(25(18)37-4)30-22-13-23(31-27(36)17-10-11-17)32-33-24(22)16(3)35/h5,7-9,13-15,17,26H,6,10-12H2,1-4H3,(H2,30,31,32,36). The smallest absolute Gasteiger partial charge is 0.264 e. The predicted octanol–water partition coefficient (Wildman–Crippen LogP) is 5.43. The number of hydrogen-bond donors (Lipinski definition) is 2. The van der Waals surface area contributed by atoms with Crippen molar-refractivity contribution in [2.45, 2.75) is 52.5 Å². The van der Waals surface area contributed by atoms with Crippen molar-refractivity contribution < 1.29 is 23.1 Å². The molecule has 4 rings (SSSR count). The monoisotopic (exact) mass is 511 g/mol. The second-order valence-corrected chi connectivity index (χ2v) is 9.45. The zero-order valence-electron chi connectivity index (χ0n) is 21.3. The average Bonchev–Trinajstić information content (AvgIpc) is 3.70. The van der Waals surface area contributed by atoms with Crippen LogP contribution >= 0.6 is 0 Å². The molecule has 0 radical (unpaired) electrons. The molecule has 2 N–H and O–H groups in total. The van der Waals surface area contributed by atoms with Crippen LogP contribution in [0, 0.1) is 5.92 Å². The summed E-state index contributed by atoms with van der Waals surface area (Å²) in [6, 6.07) is 6.84. The van der Waals surface area contributed by atoms with Crippen LogP contribution in [0.2, 0.25) is 0 Å². The number of ether oxygens (including phenoxy) is 1. The lowest BCUT2D eigenvalue weighted by Crippen LogP contribution is -2.26. The summed E-state index contributed by atoms with van der Waals surface area (Å²) in [5.74, 6) is 0.0453. The minimum atomic E-state index is -2.66. The number of carbonyl (C=O) groups is 2. The number of Topliss-reactive ketones (excluding diaryl/α,β-unsaturated/α-hetero) is 1. The summed E-state index contributed by atoms with van der Waals surface area (Å²) in [7, 11) is 1.46. The summed E-state index contributed by atoms with van der Waals surface area (Å²) >= 11 is 0. The Morgan fingerprint density at radius 1 is 1.16 bits per heavy atom. The maximum absolute atomic E-state index is 14.1. The van der Waals surface area contributed by atoms with E-state index in [1.807, 2.05) is 18.7 Å². The number of methoxy groups -OCH3 is 1. The number of hydrogen-bond acceptors (Lipinski definition) is 7. The molecule has 0 saturated heterocycles. The van der Waals surface area contributed by atoms with E-state index in [1.165, 1.54) is 20.1 Å². The van der Waals surface area contributed by atoms with Crippen LogP contribution in [0.15, 0.2) is 42.1 Å². The number of ketones is 1. The molecule has 1 saturated carbocycles. The fourth-order valence-corrected chi connectivity index (χ4v) is 4.22. The van der Waals surface area contributed by atoms with Crippen molar-refractivity contribution in [3.05, 3.63) is 53.4 Å². The Morgan fingerprint density at radius 3 is 2.54 bits per heavy atom. The second-order valence-electron chi connectivity index (χ2n) is 9.45. The first-order valence-corrected chi connectivity index (χ1v) is 12.3. The van der Waals surface area contributed by atoms with E-state index >= 15 is 0 Å². The van der Waals surface area contributed by atoms with Crippen LogP contribution in [-0.4, -0.2) is 52.9 Å². The van der Waals surface area contributed by atoms with E-state index in [9.17, 15) is 18.4 Å². The van der Waals surface area contributed by atoms with Gasteiger partial charge in [-0.3, -0.25) is 9.59 Å². The number of allylic oxidation sites excluding steroid dienone is 2. The number of halogens is 2. The fourth-order valence-electron chi connectivity index (χ4n) is 4.22. The van der Waals surface area contributed by atoms with E-state index in [0.717, 1.165) is 12.8 Å². The van der Waals surface area contributed by atoms with Crippen LogP contribution in [0.3, 0.4) is 0 Å². The van der Waals surface area contributed by atoms with Gasteiger partial charge in [-0.05, 0) is 39.2 Å². The zero-order chi connectivity index (χ0) is 26.7. The molecule has 1 aliphatic heterocycles. The van der Waals surface area contributed by atoms with Gasteiger partial charge in [-0.2, -0.15) is 0 Å². The van der Waals surface area contributed by atoms with E-state index in [2.05, 4.69) is 20.8 Å². The van der Waals surface area contributed by atoms with Gasteiger partial charge < -0.3 is 20.3 Å². The molecular weight excluding hydrogens is 480 g/mol. The van der Waals surface area contributed by atoms with Crippen molar-refractivity contribution in [2.75, 3.05) is 24.3 Å². The highest BCUT2D eigenvalue weighted by Crippen LogP contribution is 2.41. The number of anilines is 3. The molecule has 1 fully saturated rings. The number of alkyl halides is 2. The van der Waals surface area contributed by atoms with Gasteiger partial charge in [0.05, 0.1) is 18.5 Å². The Labute approximate surface area is 214 Å². The minimum absolute atomic E-state index is 0.0298. The van der Waals surface area contributed by atoms with E-state index in [4.69, 9.17) is 4.74 Å². The second kappa shape index (κ2) is 11.1. The topological polar surface area (TPSA) is 96.5 Å². The molecule has 8 nitrogen and oxygen atoms in total. The highest BCUT2D eigenvalue weighted by molar-refractivity contribution is 6.00. The average molecular weight is 512 g/mol. The fraction of sp³-hybridized carbons (Fsp3) is 0.407. The van der Waals surface area contributed by atoms with Crippen molar-refractivity contribution in [3.8, 4) is 5.75 Å². The molecule has 1 aromatic heterocycles. The van der Waals surface area contributed by atoms with E-state index in [0.29, 0.717) is 41.2 Å². The van der Waals surface area contributed by atoms with E-state index in [-0.39, 0.29) is 40.7 Å². The molecule has 196 valence electrons. The highest BCUT2D eigenvalue weighted by Gasteiger charge is 2.30. The van der Waals surface area contributed by atoms with E-state index in [1.54, 1.807) is 30.5 Å². The third-order valence-electron chi connectivity index (χ3n) is 6.36. The molecule has 0 bridgehead atoms. The summed E-state index contributed by atoms with van der Waals surface area (Å²) in [5.41, 5.74) is 1.64. The number of amides is 1. The molecule has 2 heterocycles. The summed E-state index contributed by atoms with van der Waals surface area (Å²) in [6.45, 7) is 6.01. The Balaban J connectivity index is 1.76. The molecule has 0 unspecified atom stereocenters. The third kappa shape index (κ3) is 5.95. The number of rotatable bonds is 9. The summed E-state index contributed by atoms with van der Waals surface area (Å²) in [4.78, 5) is 26.5. The zero-order valence-corrected chi connectivity index (χ0v) is 21.3. The first-order valence-electron chi connectivity index (χ1n) is 12.3. The quantitative estimate of drug-likeness (QED) is 0.434. The molecule has 2 aliphatic rings. The van der Waals surface area contributed by atoms with E-state index < -0.39 is 6.43 Å². The summed E-state index contributed by atoms with van der Waals surface area (Å²) in [6.07, 6.45) is 2.84. The maximum atomic E-state index is 14.1. The first kappa shape index (κ1) is 26.2. The van der Waals surface area contributed by atoms with Crippen LogP contribution in [0.1, 0.15) is 56.1 Å². The summed E-state index contributed by atoms with van der Waals surface area (Å²) in [5, 5.41) is 13.9. The Kier molecular flexibility index (Phi) is 7.85. The van der Waals surface area contributed by atoms with Gasteiger partial charge in [0.15, 0.2) is 17.3 Å². The van der Waals surface area contributed by atoms with Crippen LogP contribution in [0.5, 0.6) is 5.75 Å². The van der Waals surface area contributed by atoms with Gasteiger partial charge in [-0.1, -0.05) is 18.2 Å². The lowest BCUT2D eigenvalue weighted by Gasteiger charge is -2.25. The highest BCUT2D eigenvalue weighted by atomic mass is 19.3. The Hall–Kier alpha value is -3.82. The predicted molar refractivity (Wildman–Crippen MR) is 138 cm³/mol. The number of nitrogens with one attached hydrogen (secondary N) is 2. The van der Waals surface area contributed by atoms with Gasteiger partial charge in [-0.25, -0.2) is 8.78 Å².